The molecule has 1 aromatic heterocycles. The van der Waals surface area contributed by atoms with Crippen molar-refractivity contribution >= 4 is 22.7 Å². The van der Waals surface area contributed by atoms with Crippen molar-refractivity contribution in [3.05, 3.63) is 36.0 Å². The van der Waals surface area contributed by atoms with Crippen molar-refractivity contribution in [3.8, 4) is 0 Å². The Morgan fingerprint density at radius 3 is 2.68 bits per heavy atom. The molecule has 0 saturated carbocycles. The molecule has 1 aromatic carbocycles. The number of hydrogen-bond donors (Lipinski definition) is 2. The molecule has 2 N–H and O–H groups in total. The number of nitrogens with zero attached hydrogens (tertiary/aromatic N) is 1. The summed E-state index contributed by atoms with van der Waals surface area (Å²) in [5, 5.41) is 6.15. The van der Waals surface area contributed by atoms with Crippen LogP contribution in [0.25, 0.3) is 10.9 Å². The predicted molar refractivity (Wildman–Crippen MR) is 73.9 cm³/mol. The van der Waals surface area contributed by atoms with Crippen molar-refractivity contribution in [2.45, 2.75) is 6.92 Å². The Bertz CT molecular complexity index is 616. The number of nitrogens with one attached hydrogen (secondary N) is 2. The third-order valence-electron chi connectivity index (χ3n) is 2.93. The Labute approximate surface area is 111 Å². The van der Waals surface area contributed by atoms with Gasteiger partial charge in [0.25, 0.3) is 5.91 Å². The largest absolute Gasteiger partial charge is 0.355 e. The van der Waals surface area contributed by atoms with Crippen molar-refractivity contribution in [1.29, 1.82) is 0 Å². The SMILES string of the molecule is CCNC(=O)CNC(=O)c1cn(C)c2ccccc12. The maximum absolute atomic E-state index is 12.1. The van der Waals surface area contributed by atoms with Crippen LogP contribution in [0.2, 0.25) is 0 Å². The van der Waals surface area contributed by atoms with Crippen molar-refractivity contribution in [2.75, 3.05) is 13.1 Å². The molecule has 0 fully saturated rings. The number of carbonyl (C=O) groups is 2. The second-order valence-corrected chi connectivity index (χ2v) is 4.31. The van der Waals surface area contributed by atoms with Crippen molar-refractivity contribution < 1.29 is 9.59 Å². The molecule has 19 heavy (non-hydrogen) atoms. The van der Waals surface area contributed by atoms with E-state index in [1.165, 1.54) is 0 Å². The third kappa shape index (κ3) is 2.76. The summed E-state index contributed by atoms with van der Waals surface area (Å²) in [5.41, 5.74) is 1.58. The summed E-state index contributed by atoms with van der Waals surface area (Å²) < 4.78 is 1.90. The van der Waals surface area contributed by atoms with Gasteiger partial charge in [0.15, 0.2) is 0 Å². The van der Waals surface area contributed by atoms with Gasteiger partial charge in [0.05, 0.1) is 12.1 Å². The van der Waals surface area contributed by atoms with E-state index in [-0.39, 0.29) is 18.4 Å². The quantitative estimate of drug-likeness (QED) is 0.862. The van der Waals surface area contributed by atoms with Gasteiger partial charge >= 0.3 is 0 Å². The Hall–Kier alpha value is -2.30. The van der Waals surface area contributed by atoms with Gasteiger partial charge in [0, 0.05) is 30.7 Å². The first kappa shape index (κ1) is 13.1. The van der Waals surface area contributed by atoms with Gasteiger partial charge in [-0.3, -0.25) is 9.59 Å². The molecule has 0 saturated heterocycles. The zero-order valence-corrected chi connectivity index (χ0v) is 11.1. The highest BCUT2D eigenvalue weighted by atomic mass is 16.2. The number of hydrogen-bond acceptors (Lipinski definition) is 2. The highest BCUT2D eigenvalue weighted by Gasteiger charge is 2.13. The standard InChI is InChI=1S/C14H17N3O2/c1-3-15-13(18)8-16-14(19)11-9-17(2)12-7-5-4-6-10(11)12/h4-7,9H,3,8H2,1-2H3,(H,15,18)(H,16,19). The van der Waals surface area contributed by atoms with Gasteiger partial charge < -0.3 is 15.2 Å². The number of benzene rings is 1. The normalized spacial score (nSPS) is 10.4. The number of fused-ring (bicyclic) bond motifs is 1. The molecule has 0 aliphatic heterocycles. The van der Waals surface area contributed by atoms with Crippen LogP contribution in [0.4, 0.5) is 0 Å². The number of aryl methyl sites for hydroxylation is 1. The fourth-order valence-corrected chi connectivity index (χ4v) is 2.04. The smallest absolute Gasteiger partial charge is 0.253 e. The minimum atomic E-state index is -0.233. The van der Waals surface area contributed by atoms with Crippen molar-refractivity contribution in [1.82, 2.24) is 15.2 Å². The molecular weight excluding hydrogens is 242 g/mol. The summed E-state index contributed by atoms with van der Waals surface area (Å²) in [6, 6.07) is 7.67. The first-order valence-corrected chi connectivity index (χ1v) is 6.22. The van der Waals surface area contributed by atoms with Crippen LogP contribution in [0.3, 0.4) is 0 Å². The number of carbonyl (C=O) groups excluding carboxylic acids is 2. The van der Waals surface area contributed by atoms with Gasteiger partial charge in [0.2, 0.25) is 5.91 Å². The highest BCUT2D eigenvalue weighted by Crippen LogP contribution is 2.19. The number of amides is 2. The number of likely N-dealkylation sites (N-methyl/N-ethyl adjacent to an activating group) is 1. The van der Waals surface area contributed by atoms with Gasteiger partial charge in [-0.15, -0.1) is 0 Å². The predicted octanol–water partition coefficient (Wildman–Crippen LogP) is 1.04. The molecule has 5 heteroatoms. The Morgan fingerprint density at radius 2 is 1.95 bits per heavy atom. The van der Waals surface area contributed by atoms with Crippen LogP contribution < -0.4 is 10.6 Å². The highest BCUT2D eigenvalue weighted by molar-refractivity contribution is 6.07. The molecule has 0 aliphatic carbocycles. The van der Waals surface area contributed by atoms with Gasteiger partial charge in [-0.1, -0.05) is 18.2 Å². The van der Waals surface area contributed by atoms with E-state index in [4.69, 9.17) is 0 Å². The topological polar surface area (TPSA) is 63.1 Å². The molecule has 0 atom stereocenters. The van der Waals surface area contributed by atoms with E-state index < -0.39 is 0 Å². The Kier molecular flexibility index (Phi) is 3.85. The molecule has 5 nitrogen and oxygen atoms in total. The first-order valence-electron chi connectivity index (χ1n) is 6.22. The van der Waals surface area contributed by atoms with E-state index in [0.717, 1.165) is 10.9 Å². The first-order chi connectivity index (χ1) is 9.13. The molecule has 100 valence electrons. The van der Waals surface area contributed by atoms with Gasteiger partial charge in [-0.25, -0.2) is 0 Å². The lowest BCUT2D eigenvalue weighted by Crippen LogP contribution is -2.36. The molecular formula is C14H17N3O2. The zero-order chi connectivity index (χ0) is 13.8. The monoisotopic (exact) mass is 259 g/mol. The van der Waals surface area contributed by atoms with Gasteiger partial charge in [-0.2, -0.15) is 0 Å². The van der Waals surface area contributed by atoms with Crippen LogP contribution in [-0.4, -0.2) is 29.5 Å². The summed E-state index contributed by atoms with van der Waals surface area (Å²) in [6.07, 6.45) is 1.78. The average Bonchev–Trinajstić information content (AvgIpc) is 2.75. The summed E-state index contributed by atoms with van der Waals surface area (Å²) in [4.78, 5) is 23.4. The summed E-state index contributed by atoms with van der Waals surface area (Å²) in [6.45, 7) is 2.39. The minimum absolute atomic E-state index is 0.00407. The Morgan fingerprint density at radius 1 is 1.21 bits per heavy atom. The summed E-state index contributed by atoms with van der Waals surface area (Å²) >= 11 is 0. The van der Waals surface area contributed by atoms with Crippen LogP contribution >= 0.6 is 0 Å². The molecule has 2 amide bonds. The number of rotatable bonds is 4. The van der Waals surface area contributed by atoms with E-state index in [0.29, 0.717) is 12.1 Å². The van der Waals surface area contributed by atoms with Gasteiger partial charge in [-0.05, 0) is 13.0 Å². The van der Waals surface area contributed by atoms with Crippen LogP contribution in [0.15, 0.2) is 30.5 Å². The second-order valence-electron chi connectivity index (χ2n) is 4.31. The molecule has 0 radical (unpaired) electrons. The lowest BCUT2D eigenvalue weighted by molar-refractivity contribution is -0.120. The van der Waals surface area contributed by atoms with E-state index in [1.54, 1.807) is 6.20 Å². The molecule has 2 aromatic rings. The lowest BCUT2D eigenvalue weighted by Gasteiger charge is -2.04. The van der Waals surface area contributed by atoms with Crippen molar-refractivity contribution in [2.24, 2.45) is 7.05 Å². The zero-order valence-electron chi connectivity index (χ0n) is 11.1. The molecule has 0 spiro atoms. The maximum Gasteiger partial charge on any atom is 0.253 e. The van der Waals surface area contributed by atoms with Gasteiger partial charge in [0.1, 0.15) is 0 Å². The fraction of sp³-hybridized carbons (Fsp3) is 0.286. The van der Waals surface area contributed by atoms with E-state index in [9.17, 15) is 9.59 Å². The maximum atomic E-state index is 12.1. The van der Waals surface area contributed by atoms with Crippen LogP contribution in [0, 0.1) is 0 Å². The summed E-state index contributed by atoms with van der Waals surface area (Å²) in [7, 11) is 1.89. The fourth-order valence-electron chi connectivity index (χ4n) is 2.04. The molecule has 0 unspecified atom stereocenters. The molecule has 0 aliphatic rings. The molecule has 1 heterocycles. The van der Waals surface area contributed by atoms with E-state index in [2.05, 4.69) is 10.6 Å². The van der Waals surface area contributed by atoms with Crippen LogP contribution in [0.1, 0.15) is 17.3 Å². The van der Waals surface area contributed by atoms with Crippen molar-refractivity contribution in [3.63, 3.8) is 0 Å². The third-order valence-corrected chi connectivity index (χ3v) is 2.93. The van der Waals surface area contributed by atoms with E-state index >= 15 is 0 Å². The summed E-state index contributed by atoms with van der Waals surface area (Å²) in [5.74, 6) is -0.417. The lowest BCUT2D eigenvalue weighted by atomic mass is 10.1. The minimum Gasteiger partial charge on any atom is -0.355 e. The second kappa shape index (κ2) is 5.56. The van der Waals surface area contributed by atoms with Crippen LogP contribution in [0.5, 0.6) is 0 Å². The molecule has 2 rings (SSSR count). The van der Waals surface area contributed by atoms with Crippen LogP contribution in [-0.2, 0) is 11.8 Å². The molecule has 0 bridgehead atoms. The average molecular weight is 259 g/mol. The number of para-hydroxylation sites is 1. The number of aromatic nitrogens is 1. The Balaban J connectivity index is 2.16. The van der Waals surface area contributed by atoms with E-state index in [1.807, 2.05) is 42.8 Å².